The maximum absolute atomic E-state index is 7.92. The van der Waals surface area contributed by atoms with Crippen molar-refractivity contribution in [2.24, 2.45) is 5.11 Å². The molecule has 0 aliphatic carbocycles. The Labute approximate surface area is 64.9 Å². The molecule has 0 aliphatic heterocycles. The molecule has 0 aromatic heterocycles. The predicted octanol–water partition coefficient (Wildman–Crippen LogP) is 2.44. The van der Waals surface area contributed by atoms with Crippen LogP contribution in [0, 0.1) is 0 Å². The van der Waals surface area contributed by atoms with Crippen LogP contribution in [0.1, 0.15) is 25.7 Å². The summed E-state index contributed by atoms with van der Waals surface area (Å²) >= 11 is 0. The van der Waals surface area contributed by atoms with Crippen LogP contribution in [-0.4, -0.2) is 16.8 Å². The number of hydrogen-bond acceptors (Lipinski definition) is 1. The number of unbranched alkanes of at least 4 members (excludes halogenated alkanes) is 3. The zero-order valence-corrected chi connectivity index (χ0v) is 7.08. The topological polar surface area (TPSA) is 48.8 Å². The van der Waals surface area contributed by atoms with Crippen molar-refractivity contribution in [3.8, 4) is 0 Å². The third kappa shape index (κ3) is 7.53. The highest BCUT2D eigenvalue weighted by atomic mass is 28.1. The summed E-state index contributed by atoms with van der Waals surface area (Å²) < 4.78 is 0. The van der Waals surface area contributed by atoms with Crippen LogP contribution in [0.15, 0.2) is 5.11 Å². The highest BCUT2D eigenvalue weighted by Gasteiger charge is 1.85. The lowest BCUT2D eigenvalue weighted by Crippen LogP contribution is -1.80. The molecule has 0 saturated carbocycles. The van der Waals surface area contributed by atoms with Gasteiger partial charge in [0, 0.05) is 21.7 Å². The zero-order valence-electron chi connectivity index (χ0n) is 6.08. The van der Waals surface area contributed by atoms with Gasteiger partial charge in [0.15, 0.2) is 0 Å². The molecule has 0 N–H and O–H groups in total. The molecular formula is C6H12N3Si. The van der Waals surface area contributed by atoms with Gasteiger partial charge >= 0.3 is 0 Å². The summed E-state index contributed by atoms with van der Waals surface area (Å²) in [5.74, 6) is 0. The van der Waals surface area contributed by atoms with E-state index in [2.05, 4.69) is 20.3 Å². The van der Waals surface area contributed by atoms with Gasteiger partial charge < -0.3 is 0 Å². The van der Waals surface area contributed by atoms with Crippen molar-refractivity contribution in [2.75, 3.05) is 6.54 Å². The fourth-order valence-electron chi connectivity index (χ4n) is 0.706. The fourth-order valence-corrected chi connectivity index (χ4v) is 0.956. The van der Waals surface area contributed by atoms with Crippen molar-refractivity contribution >= 4 is 10.2 Å². The monoisotopic (exact) mass is 154 g/mol. The third-order valence-electron chi connectivity index (χ3n) is 1.25. The summed E-state index contributed by atoms with van der Waals surface area (Å²) in [5.41, 5.74) is 7.92. The van der Waals surface area contributed by atoms with Gasteiger partial charge in [-0.2, -0.15) is 0 Å². The van der Waals surface area contributed by atoms with E-state index in [0.29, 0.717) is 6.54 Å². The molecule has 0 unspecified atom stereocenters. The van der Waals surface area contributed by atoms with Crippen molar-refractivity contribution in [2.45, 2.75) is 31.7 Å². The first-order valence-corrected chi connectivity index (χ1v) is 4.28. The summed E-state index contributed by atoms with van der Waals surface area (Å²) in [5, 5.41) is 3.44. The first-order chi connectivity index (χ1) is 4.91. The van der Waals surface area contributed by atoms with Gasteiger partial charge in [-0.25, -0.2) is 0 Å². The van der Waals surface area contributed by atoms with Gasteiger partial charge in [-0.1, -0.05) is 30.4 Å². The summed E-state index contributed by atoms with van der Waals surface area (Å²) in [4.78, 5) is 2.67. The Balaban J connectivity index is 2.83. The molecule has 10 heavy (non-hydrogen) atoms. The van der Waals surface area contributed by atoms with E-state index in [0.717, 1.165) is 12.5 Å². The second-order valence-corrected chi connectivity index (χ2v) is 2.62. The Morgan fingerprint density at radius 3 is 2.50 bits per heavy atom. The molecule has 0 fully saturated rings. The summed E-state index contributed by atoms with van der Waals surface area (Å²) in [6.45, 7) is 0.651. The molecule has 0 aromatic rings. The molecule has 55 valence electrons. The molecule has 0 amide bonds. The maximum Gasteiger partial charge on any atom is 0.0257 e. The van der Waals surface area contributed by atoms with Gasteiger partial charge in [0.05, 0.1) is 0 Å². The molecule has 3 nitrogen and oxygen atoms in total. The van der Waals surface area contributed by atoms with E-state index >= 15 is 0 Å². The van der Waals surface area contributed by atoms with Gasteiger partial charge in [-0.15, -0.1) is 0 Å². The van der Waals surface area contributed by atoms with Crippen LogP contribution in [-0.2, 0) is 0 Å². The standard InChI is InChI=1S/C6H12N3Si/c7-9-8-5-3-1-2-4-6-10/h1-6H2. The summed E-state index contributed by atoms with van der Waals surface area (Å²) in [7, 11) is 3.39. The van der Waals surface area contributed by atoms with E-state index in [1.807, 2.05) is 0 Å². The molecule has 0 aromatic carbocycles. The van der Waals surface area contributed by atoms with Crippen molar-refractivity contribution in [1.29, 1.82) is 0 Å². The molecule has 0 rings (SSSR count). The SMILES string of the molecule is [N-]=[N+]=NCCCCCC[Si]. The molecule has 0 spiro atoms. The Bertz CT molecular complexity index is 110. The number of rotatable bonds is 6. The van der Waals surface area contributed by atoms with Crippen LogP contribution in [0.3, 0.4) is 0 Å². The van der Waals surface area contributed by atoms with E-state index in [1.165, 1.54) is 19.3 Å². The smallest absolute Gasteiger partial charge is 0.0257 e. The van der Waals surface area contributed by atoms with Crippen molar-refractivity contribution < 1.29 is 0 Å². The minimum atomic E-state index is 0.651. The number of azide groups is 1. The number of nitrogens with zero attached hydrogens (tertiary/aromatic N) is 3. The van der Waals surface area contributed by atoms with Gasteiger partial charge in [0.1, 0.15) is 0 Å². The molecular weight excluding hydrogens is 142 g/mol. The predicted molar refractivity (Wildman–Crippen MR) is 43.0 cm³/mol. The Kier molecular flexibility index (Phi) is 8.12. The first-order valence-electron chi connectivity index (χ1n) is 3.57. The van der Waals surface area contributed by atoms with Gasteiger partial charge in [-0.3, -0.25) is 0 Å². The van der Waals surface area contributed by atoms with Gasteiger partial charge in [-0.05, 0) is 12.0 Å². The van der Waals surface area contributed by atoms with Crippen LogP contribution < -0.4 is 0 Å². The maximum atomic E-state index is 7.92. The van der Waals surface area contributed by atoms with Crippen molar-refractivity contribution in [3.05, 3.63) is 10.4 Å². The molecule has 4 heteroatoms. The van der Waals surface area contributed by atoms with Gasteiger partial charge in [0.2, 0.25) is 0 Å². The molecule has 0 saturated heterocycles. The van der Waals surface area contributed by atoms with E-state index < -0.39 is 0 Å². The Morgan fingerprint density at radius 1 is 1.20 bits per heavy atom. The lowest BCUT2D eigenvalue weighted by Gasteiger charge is -1.93. The summed E-state index contributed by atoms with van der Waals surface area (Å²) in [6, 6.07) is 1.07. The highest BCUT2D eigenvalue weighted by Crippen LogP contribution is 2.01. The zero-order chi connectivity index (χ0) is 7.66. The normalized spacial score (nSPS) is 8.90. The van der Waals surface area contributed by atoms with E-state index in [9.17, 15) is 0 Å². The molecule has 0 aliphatic rings. The van der Waals surface area contributed by atoms with Crippen LogP contribution in [0.4, 0.5) is 0 Å². The lowest BCUT2D eigenvalue weighted by atomic mass is 10.2. The second kappa shape index (κ2) is 8.53. The van der Waals surface area contributed by atoms with E-state index in [1.54, 1.807) is 0 Å². The lowest BCUT2D eigenvalue weighted by molar-refractivity contribution is 0.673. The minimum absolute atomic E-state index is 0.651. The van der Waals surface area contributed by atoms with Crippen LogP contribution >= 0.6 is 0 Å². The highest BCUT2D eigenvalue weighted by molar-refractivity contribution is 6.08. The average Bonchev–Trinajstić information content (AvgIpc) is 1.97. The first kappa shape index (κ1) is 9.53. The van der Waals surface area contributed by atoms with Gasteiger partial charge in [0.25, 0.3) is 0 Å². The largest absolute Gasteiger partial charge is 0.0940 e. The van der Waals surface area contributed by atoms with Crippen LogP contribution in [0.2, 0.25) is 6.04 Å². The van der Waals surface area contributed by atoms with Crippen molar-refractivity contribution in [1.82, 2.24) is 0 Å². The fraction of sp³-hybridized carbons (Fsp3) is 1.00. The van der Waals surface area contributed by atoms with E-state index in [-0.39, 0.29) is 0 Å². The Hall–Kier alpha value is -0.473. The molecule has 0 heterocycles. The van der Waals surface area contributed by atoms with Crippen LogP contribution in [0.5, 0.6) is 0 Å². The van der Waals surface area contributed by atoms with E-state index in [4.69, 9.17) is 5.53 Å². The quantitative estimate of drug-likeness (QED) is 0.185. The second-order valence-electron chi connectivity index (χ2n) is 2.12. The number of hydrogen-bond donors (Lipinski definition) is 0. The third-order valence-corrected chi connectivity index (χ3v) is 1.60. The Morgan fingerprint density at radius 2 is 1.90 bits per heavy atom. The molecule has 3 radical (unpaired) electrons. The average molecular weight is 154 g/mol. The molecule has 0 atom stereocenters. The van der Waals surface area contributed by atoms with Crippen molar-refractivity contribution in [3.63, 3.8) is 0 Å². The summed E-state index contributed by atoms with van der Waals surface area (Å²) in [6.07, 6.45) is 4.64. The minimum Gasteiger partial charge on any atom is -0.0940 e. The molecule has 0 bridgehead atoms. The van der Waals surface area contributed by atoms with Crippen LogP contribution in [0.25, 0.3) is 10.4 Å².